The van der Waals surface area contributed by atoms with Crippen LogP contribution in [0.15, 0.2) is 22.7 Å². The van der Waals surface area contributed by atoms with E-state index in [-0.39, 0.29) is 11.3 Å². The van der Waals surface area contributed by atoms with Crippen molar-refractivity contribution in [1.29, 1.82) is 0 Å². The van der Waals surface area contributed by atoms with E-state index in [2.05, 4.69) is 34.2 Å². The summed E-state index contributed by atoms with van der Waals surface area (Å²) in [7, 11) is 0. The molecular formula is C15H21BrN2O. The topological polar surface area (TPSA) is 55.1 Å². The van der Waals surface area contributed by atoms with Gasteiger partial charge in [0.15, 0.2) is 0 Å². The summed E-state index contributed by atoms with van der Waals surface area (Å²) in [6.07, 6.45) is 4.80. The zero-order valence-corrected chi connectivity index (χ0v) is 12.9. The molecule has 1 saturated carbocycles. The molecule has 1 aliphatic carbocycles. The fourth-order valence-corrected chi connectivity index (χ4v) is 3.05. The van der Waals surface area contributed by atoms with Crippen LogP contribution < -0.4 is 11.1 Å². The van der Waals surface area contributed by atoms with E-state index in [1.165, 1.54) is 6.42 Å². The van der Waals surface area contributed by atoms with Gasteiger partial charge in [0, 0.05) is 16.6 Å². The second kappa shape index (κ2) is 6.06. The Morgan fingerprint density at radius 3 is 2.74 bits per heavy atom. The van der Waals surface area contributed by atoms with Crippen LogP contribution in [0.4, 0.5) is 5.69 Å². The molecule has 19 heavy (non-hydrogen) atoms. The lowest BCUT2D eigenvalue weighted by molar-refractivity contribution is -0.119. The number of carbonyl (C=O) groups is 1. The highest BCUT2D eigenvalue weighted by Gasteiger charge is 2.37. The summed E-state index contributed by atoms with van der Waals surface area (Å²) in [5.41, 5.74) is 7.93. The average Bonchev–Trinajstić information content (AvgIpc) is 2.36. The SMILES string of the molecule is CCc1cc(Br)ccc1NC(=O)CC1(CN)CCC1. The van der Waals surface area contributed by atoms with Crippen LogP contribution in [-0.2, 0) is 11.2 Å². The number of halogens is 1. The molecule has 0 radical (unpaired) electrons. The van der Waals surface area contributed by atoms with E-state index in [1.54, 1.807) is 0 Å². The molecule has 0 heterocycles. The smallest absolute Gasteiger partial charge is 0.224 e. The first kappa shape index (κ1) is 14.5. The van der Waals surface area contributed by atoms with Crippen molar-refractivity contribution in [3.63, 3.8) is 0 Å². The van der Waals surface area contributed by atoms with Gasteiger partial charge in [-0.25, -0.2) is 0 Å². The highest BCUT2D eigenvalue weighted by Crippen LogP contribution is 2.43. The van der Waals surface area contributed by atoms with Crippen molar-refractivity contribution in [3.05, 3.63) is 28.2 Å². The zero-order valence-electron chi connectivity index (χ0n) is 11.3. The van der Waals surface area contributed by atoms with Crippen molar-refractivity contribution in [1.82, 2.24) is 0 Å². The standard InChI is InChI=1S/C15H21BrN2O/c1-2-11-8-12(16)4-5-13(11)18-14(19)9-15(10-17)6-3-7-15/h4-5,8H,2-3,6-7,9-10,17H2,1H3,(H,18,19). The van der Waals surface area contributed by atoms with E-state index in [0.717, 1.165) is 35.0 Å². The Hall–Kier alpha value is -0.870. The Labute approximate surface area is 123 Å². The molecule has 3 nitrogen and oxygen atoms in total. The molecule has 0 bridgehead atoms. The summed E-state index contributed by atoms with van der Waals surface area (Å²) in [6, 6.07) is 5.96. The number of benzene rings is 1. The van der Waals surface area contributed by atoms with E-state index in [0.29, 0.717) is 13.0 Å². The summed E-state index contributed by atoms with van der Waals surface area (Å²) in [5.74, 6) is 0.0853. The minimum Gasteiger partial charge on any atom is -0.330 e. The number of hydrogen-bond acceptors (Lipinski definition) is 2. The molecule has 3 N–H and O–H groups in total. The summed E-state index contributed by atoms with van der Waals surface area (Å²) in [4.78, 5) is 12.2. The number of rotatable bonds is 5. The second-order valence-electron chi connectivity index (χ2n) is 5.44. The van der Waals surface area contributed by atoms with Gasteiger partial charge in [0.2, 0.25) is 5.91 Å². The maximum Gasteiger partial charge on any atom is 0.224 e. The van der Waals surface area contributed by atoms with E-state index < -0.39 is 0 Å². The lowest BCUT2D eigenvalue weighted by atomic mass is 9.66. The first-order chi connectivity index (χ1) is 9.08. The molecule has 1 amide bonds. The molecule has 1 fully saturated rings. The van der Waals surface area contributed by atoms with Gasteiger partial charge in [0.05, 0.1) is 0 Å². The van der Waals surface area contributed by atoms with E-state index in [1.807, 2.05) is 12.1 Å². The molecule has 0 atom stereocenters. The first-order valence-electron chi connectivity index (χ1n) is 6.87. The predicted octanol–water partition coefficient (Wildman–Crippen LogP) is 3.47. The van der Waals surface area contributed by atoms with E-state index >= 15 is 0 Å². The fraction of sp³-hybridized carbons (Fsp3) is 0.533. The van der Waals surface area contributed by atoms with Crippen molar-refractivity contribution < 1.29 is 4.79 Å². The Balaban J connectivity index is 2.02. The first-order valence-corrected chi connectivity index (χ1v) is 7.66. The van der Waals surface area contributed by atoms with Gasteiger partial charge in [-0.15, -0.1) is 0 Å². The number of carbonyl (C=O) groups excluding carboxylic acids is 1. The highest BCUT2D eigenvalue weighted by atomic mass is 79.9. The van der Waals surface area contributed by atoms with Gasteiger partial charge >= 0.3 is 0 Å². The van der Waals surface area contributed by atoms with Gasteiger partial charge < -0.3 is 11.1 Å². The molecule has 0 spiro atoms. The summed E-state index contributed by atoms with van der Waals surface area (Å²) in [5, 5.41) is 3.03. The fourth-order valence-electron chi connectivity index (χ4n) is 2.64. The highest BCUT2D eigenvalue weighted by molar-refractivity contribution is 9.10. The van der Waals surface area contributed by atoms with Gasteiger partial charge in [0.25, 0.3) is 0 Å². The number of nitrogens with two attached hydrogens (primary N) is 1. The van der Waals surface area contributed by atoms with Crippen molar-refractivity contribution >= 4 is 27.5 Å². The molecule has 0 aliphatic heterocycles. The van der Waals surface area contributed by atoms with Gasteiger partial charge in [-0.2, -0.15) is 0 Å². The van der Waals surface area contributed by atoms with Crippen LogP contribution in [0.25, 0.3) is 0 Å². The van der Waals surface area contributed by atoms with Crippen LogP contribution in [0.3, 0.4) is 0 Å². The number of anilines is 1. The normalized spacial score (nSPS) is 16.8. The quantitative estimate of drug-likeness (QED) is 0.871. The van der Waals surface area contributed by atoms with Crippen molar-refractivity contribution in [2.24, 2.45) is 11.1 Å². The van der Waals surface area contributed by atoms with Crippen LogP contribution in [0.1, 0.15) is 38.2 Å². The number of amides is 1. The molecule has 104 valence electrons. The minimum absolute atomic E-state index is 0.0613. The van der Waals surface area contributed by atoms with Crippen LogP contribution in [0.2, 0.25) is 0 Å². The van der Waals surface area contributed by atoms with Crippen LogP contribution in [0, 0.1) is 5.41 Å². The summed E-state index contributed by atoms with van der Waals surface area (Å²) < 4.78 is 1.04. The molecule has 2 rings (SSSR count). The largest absolute Gasteiger partial charge is 0.330 e. The molecule has 0 unspecified atom stereocenters. The summed E-state index contributed by atoms with van der Waals surface area (Å²) >= 11 is 3.45. The minimum atomic E-state index is 0.0613. The van der Waals surface area contributed by atoms with Crippen LogP contribution in [0.5, 0.6) is 0 Å². The molecule has 0 aromatic heterocycles. The third kappa shape index (κ3) is 3.37. The third-order valence-electron chi connectivity index (χ3n) is 4.11. The molecule has 1 aliphatic rings. The second-order valence-corrected chi connectivity index (χ2v) is 6.35. The third-order valence-corrected chi connectivity index (χ3v) is 4.60. The van der Waals surface area contributed by atoms with Gasteiger partial charge in [-0.3, -0.25) is 4.79 Å². The Morgan fingerprint density at radius 1 is 1.47 bits per heavy atom. The Kier molecular flexibility index (Phi) is 4.63. The van der Waals surface area contributed by atoms with E-state index in [9.17, 15) is 4.79 Å². The van der Waals surface area contributed by atoms with Crippen molar-refractivity contribution in [3.8, 4) is 0 Å². The van der Waals surface area contributed by atoms with Crippen molar-refractivity contribution in [2.75, 3.05) is 11.9 Å². The molecule has 0 saturated heterocycles. The Morgan fingerprint density at radius 2 is 2.21 bits per heavy atom. The number of nitrogens with one attached hydrogen (secondary N) is 1. The maximum absolute atomic E-state index is 12.2. The predicted molar refractivity (Wildman–Crippen MR) is 82.1 cm³/mol. The lowest BCUT2D eigenvalue weighted by Gasteiger charge is -2.40. The summed E-state index contributed by atoms with van der Waals surface area (Å²) in [6.45, 7) is 2.70. The van der Waals surface area contributed by atoms with E-state index in [4.69, 9.17) is 5.73 Å². The van der Waals surface area contributed by atoms with Gasteiger partial charge in [-0.1, -0.05) is 29.3 Å². The Bertz CT molecular complexity index is 464. The van der Waals surface area contributed by atoms with Gasteiger partial charge in [-0.05, 0) is 55.0 Å². The number of aryl methyl sites for hydroxylation is 1. The molecule has 1 aromatic carbocycles. The van der Waals surface area contributed by atoms with Crippen LogP contribution in [-0.4, -0.2) is 12.5 Å². The van der Waals surface area contributed by atoms with Gasteiger partial charge in [0.1, 0.15) is 0 Å². The maximum atomic E-state index is 12.2. The zero-order chi connectivity index (χ0) is 13.9. The number of hydrogen-bond donors (Lipinski definition) is 2. The molecule has 1 aromatic rings. The monoisotopic (exact) mass is 324 g/mol. The van der Waals surface area contributed by atoms with Crippen molar-refractivity contribution in [2.45, 2.75) is 39.0 Å². The molecule has 4 heteroatoms. The molecular weight excluding hydrogens is 304 g/mol. The lowest BCUT2D eigenvalue weighted by Crippen LogP contribution is -2.40. The average molecular weight is 325 g/mol. The van der Waals surface area contributed by atoms with Crippen LogP contribution >= 0.6 is 15.9 Å².